The largest absolute Gasteiger partial charge is 0.293 e. The van der Waals surface area contributed by atoms with Gasteiger partial charge in [0.15, 0.2) is 17.1 Å². The topological polar surface area (TPSA) is 60.2 Å². The van der Waals surface area contributed by atoms with Gasteiger partial charge in [0.05, 0.1) is 6.20 Å². The molecule has 0 saturated heterocycles. The third kappa shape index (κ3) is 1.57. The quantitative estimate of drug-likeness (QED) is 0.640. The summed E-state index contributed by atoms with van der Waals surface area (Å²) in [6.45, 7) is 1.48. The molecular formula is C13H10N4O. The summed E-state index contributed by atoms with van der Waals surface area (Å²) in [7, 11) is 0. The summed E-state index contributed by atoms with van der Waals surface area (Å²) >= 11 is 0. The van der Waals surface area contributed by atoms with Crippen LogP contribution in [0.2, 0.25) is 0 Å². The molecule has 0 aliphatic rings. The van der Waals surface area contributed by atoms with Crippen molar-refractivity contribution in [3.63, 3.8) is 0 Å². The summed E-state index contributed by atoms with van der Waals surface area (Å²) in [6, 6.07) is 11.3. The third-order valence-electron chi connectivity index (χ3n) is 2.69. The molecule has 2 aromatic heterocycles. The molecular weight excluding hydrogens is 228 g/mol. The fraction of sp³-hybridized carbons (Fsp3) is 0.0769. The van der Waals surface area contributed by atoms with Crippen molar-refractivity contribution >= 4 is 11.4 Å². The molecule has 5 nitrogen and oxygen atoms in total. The molecule has 0 amide bonds. The minimum Gasteiger partial charge on any atom is -0.293 e. The lowest BCUT2D eigenvalue weighted by molar-refractivity contribution is 0.101. The van der Waals surface area contributed by atoms with Gasteiger partial charge in [0.1, 0.15) is 5.69 Å². The number of ketones is 1. The summed E-state index contributed by atoms with van der Waals surface area (Å²) in [4.78, 5) is 11.7. The van der Waals surface area contributed by atoms with Crippen molar-refractivity contribution in [2.45, 2.75) is 6.92 Å². The number of rotatable bonds is 2. The van der Waals surface area contributed by atoms with E-state index in [0.29, 0.717) is 17.0 Å². The predicted octanol–water partition coefficient (Wildman–Crippen LogP) is 1.99. The molecule has 0 aliphatic carbocycles. The number of benzene rings is 1. The van der Waals surface area contributed by atoms with Crippen LogP contribution >= 0.6 is 0 Å². The number of Topliss-reactive ketones (excluding diaryl/α,β-unsaturated/α-hetero) is 1. The Morgan fingerprint density at radius 3 is 2.61 bits per heavy atom. The van der Waals surface area contributed by atoms with Gasteiger partial charge in [-0.2, -0.15) is 5.10 Å². The van der Waals surface area contributed by atoms with Crippen molar-refractivity contribution in [2.75, 3.05) is 0 Å². The van der Waals surface area contributed by atoms with Crippen molar-refractivity contribution in [3.8, 4) is 11.3 Å². The molecule has 0 radical (unpaired) electrons. The maximum absolute atomic E-state index is 11.7. The van der Waals surface area contributed by atoms with Crippen LogP contribution < -0.4 is 0 Å². The second-order valence-electron chi connectivity index (χ2n) is 3.92. The van der Waals surface area contributed by atoms with Gasteiger partial charge in [-0.3, -0.25) is 4.79 Å². The minimum absolute atomic E-state index is 0.126. The molecule has 0 fully saturated rings. The molecule has 0 unspecified atom stereocenters. The van der Waals surface area contributed by atoms with E-state index in [1.54, 1.807) is 16.8 Å². The van der Waals surface area contributed by atoms with Crippen molar-refractivity contribution in [2.24, 2.45) is 0 Å². The molecule has 5 heteroatoms. The van der Waals surface area contributed by atoms with Crippen LogP contribution in [0.1, 0.15) is 17.4 Å². The van der Waals surface area contributed by atoms with Gasteiger partial charge in [-0.1, -0.05) is 30.3 Å². The Hall–Kier alpha value is -2.56. The number of hydrogen-bond acceptors (Lipinski definition) is 4. The lowest BCUT2D eigenvalue weighted by Crippen LogP contribution is -2.08. The number of nitrogens with zero attached hydrogens (tertiary/aromatic N) is 4. The molecule has 0 spiro atoms. The van der Waals surface area contributed by atoms with Crippen molar-refractivity contribution < 1.29 is 4.79 Å². The van der Waals surface area contributed by atoms with Gasteiger partial charge in [0.2, 0.25) is 0 Å². The van der Waals surface area contributed by atoms with Crippen molar-refractivity contribution in [1.29, 1.82) is 0 Å². The van der Waals surface area contributed by atoms with Gasteiger partial charge in [-0.05, 0) is 0 Å². The van der Waals surface area contributed by atoms with Crippen LogP contribution in [0.15, 0.2) is 42.6 Å². The first-order valence-electron chi connectivity index (χ1n) is 5.54. The Bertz CT molecular complexity index is 718. The molecule has 18 heavy (non-hydrogen) atoms. The van der Waals surface area contributed by atoms with Gasteiger partial charge >= 0.3 is 0 Å². The molecule has 3 rings (SSSR count). The van der Waals surface area contributed by atoms with Crippen LogP contribution in [0.4, 0.5) is 0 Å². The van der Waals surface area contributed by atoms with Crippen LogP contribution in [-0.2, 0) is 0 Å². The number of hydrogen-bond donors (Lipinski definition) is 0. The Morgan fingerprint density at radius 2 is 1.89 bits per heavy atom. The third-order valence-corrected chi connectivity index (χ3v) is 2.69. The van der Waals surface area contributed by atoms with E-state index in [1.165, 1.54) is 6.92 Å². The first kappa shape index (κ1) is 10.6. The summed E-state index contributed by atoms with van der Waals surface area (Å²) in [5, 5.41) is 12.2. The van der Waals surface area contributed by atoms with E-state index in [1.807, 2.05) is 30.3 Å². The molecule has 0 saturated carbocycles. The van der Waals surface area contributed by atoms with Crippen LogP contribution in [0.25, 0.3) is 16.9 Å². The number of carbonyl (C=O) groups is 1. The fourth-order valence-electron chi connectivity index (χ4n) is 1.89. The SMILES string of the molecule is CC(=O)c1nnc2ccnn2c1-c1ccccc1. The van der Waals surface area contributed by atoms with Gasteiger partial charge in [-0.25, -0.2) is 4.52 Å². The van der Waals surface area contributed by atoms with Gasteiger partial charge in [0, 0.05) is 18.6 Å². The molecule has 1 aromatic carbocycles. The van der Waals surface area contributed by atoms with Crippen molar-refractivity contribution in [1.82, 2.24) is 19.8 Å². The number of carbonyl (C=O) groups excluding carboxylic acids is 1. The smallest absolute Gasteiger partial charge is 0.182 e. The van der Waals surface area contributed by atoms with E-state index in [9.17, 15) is 4.79 Å². The lowest BCUT2D eigenvalue weighted by Gasteiger charge is -2.07. The highest BCUT2D eigenvalue weighted by Crippen LogP contribution is 2.22. The maximum Gasteiger partial charge on any atom is 0.182 e. The highest BCUT2D eigenvalue weighted by atomic mass is 16.1. The number of fused-ring (bicyclic) bond motifs is 1. The molecule has 2 heterocycles. The minimum atomic E-state index is -0.126. The normalized spacial score (nSPS) is 10.7. The average Bonchev–Trinajstić information content (AvgIpc) is 2.86. The second kappa shape index (κ2) is 4.03. The Kier molecular flexibility index (Phi) is 2.37. The first-order chi connectivity index (χ1) is 8.77. The summed E-state index contributed by atoms with van der Waals surface area (Å²) in [6.07, 6.45) is 1.64. The molecule has 0 bridgehead atoms. The van der Waals surface area contributed by atoms with E-state index in [0.717, 1.165) is 5.56 Å². The summed E-state index contributed by atoms with van der Waals surface area (Å²) in [5.74, 6) is -0.126. The average molecular weight is 238 g/mol. The second-order valence-corrected chi connectivity index (χ2v) is 3.92. The van der Waals surface area contributed by atoms with Crippen LogP contribution in [-0.4, -0.2) is 25.6 Å². The van der Waals surface area contributed by atoms with E-state index in [4.69, 9.17) is 0 Å². The maximum atomic E-state index is 11.7. The lowest BCUT2D eigenvalue weighted by atomic mass is 10.1. The Balaban J connectivity index is 2.40. The van der Waals surface area contributed by atoms with Gasteiger partial charge in [0.25, 0.3) is 0 Å². The predicted molar refractivity (Wildman–Crippen MR) is 66.2 cm³/mol. The van der Waals surface area contributed by atoms with E-state index in [2.05, 4.69) is 15.3 Å². The van der Waals surface area contributed by atoms with Crippen LogP contribution in [0.5, 0.6) is 0 Å². The molecule has 0 atom stereocenters. The van der Waals surface area contributed by atoms with E-state index >= 15 is 0 Å². The van der Waals surface area contributed by atoms with Gasteiger partial charge in [-0.15, -0.1) is 10.2 Å². The summed E-state index contributed by atoms with van der Waals surface area (Å²) < 4.78 is 1.64. The highest BCUT2D eigenvalue weighted by Gasteiger charge is 2.16. The van der Waals surface area contributed by atoms with E-state index in [-0.39, 0.29) is 5.78 Å². The molecule has 3 aromatic rings. The highest BCUT2D eigenvalue weighted by molar-refractivity contribution is 5.98. The molecule has 0 N–H and O–H groups in total. The van der Waals surface area contributed by atoms with Crippen LogP contribution in [0, 0.1) is 0 Å². The zero-order chi connectivity index (χ0) is 12.5. The first-order valence-corrected chi connectivity index (χ1v) is 5.54. The summed E-state index contributed by atoms with van der Waals surface area (Å²) in [5.41, 5.74) is 2.53. The van der Waals surface area contributed by atoms with Crippen molar-refractivity contribution in [3.05, 3.63) is 48.3 Å². The monoisotopic (exact) mass is 238 g/mol. The number of aromatic nitrogens is 4. The van der Waals surface area contributed by atoms with E-state index < -0.39 is 0 Å². The Morgan fingerprint density at radius 1 is 1.11 bits per heavy atom. The Labute approximate surface area is 103 Å². The molecule has 0 aliphatic heterocycles. The molecule has 88 valence electrons. The zero-order valence-corrected chi connectivity index (χ0v) is 9.74. The standard InChI is InChI=1S/C13H10N4O/c1-9(18)12-13(10-5-3-2-4-6-10)17-11(15-16-12)7-8-14-17/h2-8H,1H3. The van der Waals surface area contributed by atoms with Crippen LogP contribution in [0.3, 0.4) is 0 Å². The van der Waals surface area contributed by atoms with Gasteiger partial charge < -0.3 is 0 Å². The zero-order valence-electron chi connectivity index (χ0n) is 9.74. The fourth-order valence-corrected chi connectivity index (χ4v) is 1.89.